The van der Waals surface area contributed by atoms with Crippen molar-refractivity contribution >= 4 is 17.6 Å². The van der Waals surface area contributed by atoms with Crippen molar-refractivity contribution in [3.63, 3.8) is 0 Å². The second-order valence-electron chi connectivity index (χ2n) is 8.84. The number of nitrogens with one attached hydrogen (secondary N) is 2. The molecule has 0 aliphatic carbocycles. The van der Waals surface area contributed by atoms with Crippen LogP contribution >= 0.6 is 0 Å². The van der Waals surface area contributed by atoms with Crippen LogP contribution in [0.2, 0.25) is 0 Å². The number of alkyl halides is 5. The van der Waals surface area contributed by atoms with Gasteiger partial charge in [0.2, 0.25) is 0 Å². The molecular weight excluding hydrogens is 510 g/mol. The SMILES string of the molecule is C[C@@H]1Cc2nn3c(c2CN1C(=O)Nc1ccc(F)c(C(F)(F)F)c1)C(=O)N(C)OC(CNCC(F)F)C3. The van der Waals surface area contributed by atoms with Gasteiger partial charge in [-0.15, -0.1) is 0 Å². The lowest BCUT2D eigenvalue weighted by Gasteiger charge is -2.33. The topological polar surface area (TPSA) is 91.7 Å². The van der Waals surface area contributed by atoms with E-state index in [-0.39, 0.29) is 37.4 Å². The normalized spacial score (nSPS) is 20.1. The molecule has 1 aromatic heterocycles. The van der Waals surface area contributed by atoms with Gasteiger partial charge in [0.1, 0.15) is 17.6 Å². The van der Waals surface area contributed by atoms with Crippen molar-refractivity contribution in [3.05, 3.63) is 46.5 Å². The van der Waals surface area contributed by atoms with Crippen LogP contribution in [0.4, 0.5) is 36.8 Å². The average molecular weight is 534 g/mol. The van der Waals surface area contributed by atoms with Crippen LogP contribution in [-0.4, -0.2) is 70.4 Å². The van der Waals surface area contributed by atoms with Crippen LogP contribution in [0.5, 0.6) is 0 Å². The number of hydroxylamine groups is 2. The summed E-state index contributed by atoms with van der Waals surface area (Å²) in [5.74, 6) is -2.01. The van der Waals surface area contributed by atoms with Crippen LogP contribution in [0.25, 0.3) is 0 Å². The van der Waals surface area contributed by atoms with E-state index >= 15 is 0 Å². The van der Waals surface area contributed by atoms with Crippen LogP contribution < -0.4 is 10.6 Å². The summed E-state index contributed by atoms with van der Waals surface area (Å²) < 4.78 is 79.1. The van der Waals surface area contributed by atoms with E-state index in [2.05, 4.69) is 15.7 Å². The molecule has 2 aromatic rings. The monoisotopic (exact) mass is 534 g/mol. The molecule has 0 saturated carbocycles. The van der Waals surface area contributed by atoms with E-state index in [1.54, 1.807) is 6.92 Å². The second-order valence-corrected chi connectivity index (χ2v) is 8.84. The van der Waals surface area contributed by atoms with Gasteiger partial charge >= 0.3 is 12.2 Å². The summed E-state index contributed by atoms with van der Waals surface area (Å²) in [7, 11) is 1.38. The van der Waals surface area contributed by atoms with Gasteiger partial charge in [0.25, 0.3) is 12.3 Å². The molecule has 0 radical (unpaired) electrons. The predicted molar refractivity (Wildman–Crippen MR) is 117 cm³/mol. The first-order valence-electron chi connectivity index (χ1n) is 11.3. The van der Waals surface area contributed by atoms with Gasteiger partial charge in [-0.1, -0.05) is 0 Å². The molecule has 202 valence electrons. The average Bonchev–Trinajstić information content (AvgIpc) is 3.08. The van der Waals surface area contributed by atoms with E-state index in [1.807, 2.05) is 0 Å². The Kier molecular flexibility index (Phi) is 7.37. The molecule has 0 fully saturated rings. The maximum atomic E-state index is 13.6. The number of nitrogens with zero attached hydrogens (tertiary/aromatic N) is 4. The first kappa shape index (κ1) is 26.7. The van der Waals surface area contributed by atoms with Gasteiger partial charge in [-0.05, 0) is 25.1 Å². The second kappa shape index (κ2) is 10.2. The maximum absolute atomic E-state index is 13.6. The zero-order valence-electron chi connectivity index (χ0n) is 19.8. The molecule has 15 heteroatoms. The molecule has 4 rings (SSSR count). The van der Waals surface area contributed by atoms with Crippen molar-refractivity contribution in [1.82, 2.24) is 25.1 Å². The molecule has 2 aliphatic heterocycles. The van der Waals surface area contributed by atoms with Gasteiger partial charge in [0, 0.05) is 37.3 Å². The number of amides is 3. The van der Waals surface area contributed by atoms with Crippen molar-refractivity contribution in [2.75, 3.05) is 25.5 Å². The highest BCUT2D eigenvalue weighted by atomic mass is 19.4. The Morgan fingerprint density at radius 2 is 2.03 bits per heavy atom. The van der Waals surface area contributed by atoms with Crippen molar-refractivity contribution in [2.24, 2.45) is 0 Å². The molecule has 0 saturated heterocycles. The quantitative estimate of drug-likeness (QED) is 0.575. The van der Waals surface area contributed by atoms with E-state index in [1.165, 1.54) is 16.6 Å². The van der Waals surface area contributed by atoms with Crippen LogP contribution in [0.3, 0.4) is 0 Å². The van der Waals surface area contributed by atoms with Crippen LogP contribution in [0, 0.1) is 5.82 Å². The Morgan fingerprint density at radius 3 is 2.70 bits per heavy atom. The number of benzene rings is 1. The number of aromatic nitrogens is 2. The molecule has 2 atom stereocenters. The fourth-order valence-electron chi connectivity index (χ4n) is 4.36. The van der Waals surface area contributed by atoms with E-state index in [0.717, 1.165) is 11.1 Å². The lowest BCUT2D eigenvalue weighted by molar-refractivity contribution is -0.146. The minimum Gasteiger partial charge on any atom is -0.317 e. The first-order chi connectivity index (χ1) is 17.3. The fraction of sp³-hybridized carbons (Fsp3) is 0.500. The Labute approximate surface area is 207 Å². The van der Waals surface area contributed by atoms with E-state index in [9.17, 15) is 35.9 Å². The number of hydrogen-bond acceptors (Lipinski definition) is 5. The number of anilines is 1. The van der Waals surface area contributed by atoms with Gasteiger partial charge in [-0.3, -0.25) is 14.3 Å². The lowest BCUT2D eigenvalue weighted by atomic mass is 9.99. The number of halogens is 6. The number of carbonyl (C=O) groups excluding carboxylic acids is 2. The van der Waals surface area contributed by atoms with Crippen LogP contribution in [0.1, 0.15) is 34.2 Å². The molecule has 0 bridgehead atoms. The van der Waals surface area contributed by atoms with Crippen molar-refractivity contribution in [3.8, 4) is 0 Å². The van der Waals surface area contributed by atoms with Crippen LogP contribution in [0.15, 0.2) is 18.2 Å². The number of rotatable bonds is 5. The number of fused-ring (bicyclic) bond motifs is 3. The van der Waals surface area contributed by atoms with Crippen LogP contribution in [-0.2, 0) is 30.5 Å². The number of hydrogen-bond donors (Lipinski definition) is 2. The van der Waals surface area contributed by atoms with Gasteiger partial charge in [0.15, 0.2) is 0 Å². The van der Waals surface area contributed by atoms with Gasteiger partial charge < -0.3 is 15.5 Å². The summed E-state index contributed by atoms with van der Waals surface area (Å²) in [4.78, 5) is 32.9. The Hall–Kier alpha value is -3.33. The molecule has 1 aromatic carbocycles. The minimum atomic E-state index is -4.94. The van der Waals surface area contributed by atoms with Gasteiger partial charge in [0.05, 0.1) is 30.9 Å². The largest absolute Gasteiger partial charge is 0.419 e. The molecule has 37 heavy (non-hydrogen) atoms. The van der Waals surface area contributed by atoms with Gasteiger partial charge in [-0.25, -0.2) is 23.0 Å². The maximum Gasteiger partial charge on any atom is 0.419 e. The third kappa shape index (κ3) is 5.66. The summed E-state index contributed by atoms with van der Waals surface area (Å²) in [6.45, 7) is 1.23. The highest BCUT2D eigenvalue weighted by Crippen LogP contribution is 2.34. The first-order valence-corrected chi connectivity index (χ1v) is 11.3. The highest BCUT2D eigenvalue weighted by Gasteiger charge is 2.38. The summed E-state index contributed by atoms with van der Waals surface area (Å²) in [5.41, 5.74) is -0.568. The zero-order valence-corrected chi connectivity index (χ0v) is 19.8. The third-order valence-corrected chi connectivity index (χ3v) is 6.11. The Morgan fingerprint density at radius 1 is 1.30 bits per heavy atom. The molecule has 1 unspecified atom stereocenters. The lowest BCUT2D eigenvalue weighted by Crippen LogP contribution is -2.45. The predicted octanol–water partition coefficient (Wildman–Crippen LogP) is 3.26. The zero-order chi connectivity index (χ0) is 27.1. The third-order valence-electron chi connectivity index (χ3n) is 6.11. The molecule has 2 N–H and O–H groups in total. The summed E-state index contributed by atoms with van der Waals surface area (Å²) in [6, 6.07) is 0.984. The van der Waals surface area contributed by atoms with E-state index in [0.29, 0.717) is 23.4 Å². The highest BCUT2D eigenvalue weighted by molar-refractivity contribution is 5.94. The molecule has 2 aliphatic rings. The Balaban J connectivity index is 1.55. The summed E-state index contributed by atoms with van der Waals surface area (Å²) >= 11 is 0. The number of urea groups is 1. The molecule has 9 nitrogen and oxygen atoms in total. The summed E-state index contributed by atoms with van der Waals surface area (Å²) in [6.07, 6.45) is -7.90. The van der Waals surface area contributed by atoms with E-state index < -0.39 is 54.6 Å². The summed E-state index contributed by atoms with van der Waals surface area (Å²) in [5, 5.41) is 10.4. The Bertz CT molecular complexity index is 1190. The molecule has 3 amide bonds. The minimum absolute atomic E-state index is 0.0362. The standard InChI is InChI=1S/C22H24F6N6O3/c1-11-5-17-14(10-33(11)21(36)30-12-3-4-16(23)15(6-12)22(26,27)28)19-20(35)32(2)37-13(9-34(19)31-17)7-29-8-18(24)25/h3-4,6,11,13,18,29H,5,7-10H2,1-2H3,(H,30,36)/t11-,13?/m1/s1. The van der Waals surface area contributed by atoms with Crippen molar-refractivity contribution in [2.45, 2.75) is 51.2 Å². The molecule has 3 heterocycles. The fourth-order valence-corrected chi connectivity index (χ4v) is 4.36. The van der Waals surface area contributed by atoms with Crippen molar-refractivity contribution in [1.29, 1.82) is 0 Å². The number of carbonyl (C=O) groups is 2. The molecule has 0 spiro atoms. The van der Waals surface area contributed by atoms with E-state index in [4.69, 9.17) is 4.84 Å². The smallest absolute Gasteiger partial charge is 0.317 e. The molecular formula is C22H24F6N6O3. The van der Waals surface area contributed by atoms with Gasteiger partial charge in [-0.2, -0.15) is 18.3 Å². The van der Waals surface area contributed by atoms with Crippen molar-refractivity contribution < 1.29 is 40.8 Å².